The van der Waals surface area contributed by atoms with E-state index in [9.17, 15) is 0 Å². The summed E-state index contributed by atoms with van der Waals surface area (Å²) in [4.78, 5) is 10.9. The van der Waals surface area contributed by atoms with E-state index < -0.39 is 0 Å². The van der Waals surface area contributed by atoms with Gasteiger partial charge < -0.3 is 15.4 Å². The van der Waals surface area contributed by atoms with Gasteiger partial charge in [0.15, 0.2) is 0 Å². The van der Waals surface area contributed by atoms with Crippen LogP contribution in [0.1, 0.15) is 17.1 Å². The predicted octanol–water partition coefficient (Wildman–Crippen LogP) is 0.210. The first-order valence-corrected chi connectivity index (χ1v) is 5.07. The fourth-order valence-electron chi connectivity index (χ4n) is 1.77. The summed E-state index contributed by atoms with van der Waals surface area (Å²) in [7, 11) is 1.99. The van der Waals surface area contributed by atoms with Crippen molar-refractivity contribution in [1.82, 2.24) is 9.97 Å². The zero-order valence-electron chi connectivity index (χ0n) is 9.16. The summed E-state index contributed by atoms with van der Waals surface area (Å²) in [6.07, 6.45) is 0. The average molecular weight is 208 g/mol. The molecule has 0 fully saturated rings. The molecule has 0 amide bonds. The lowest BCUT2D eigenvalue weighted by Gasteiger charge is -2.19. The number of nitrogens with zero attached hydrogens (tertiary/aromatic N) is 3. The molecule has 15 heavy (non-hydrogen) atoms. The molecule has 0 radical (unpaired) electrons. The van der Waals surface area contributed by atoms with E-state index in [0.29, 0.717) is 19.8 Å². The van der Waals surface area contributed by atoms with Crippen molar-refractivity contribution in [1.29, 1.82) is 0 Å². The van der Waals surface area contributed by atoms with Crippen LogP contribution in [0.3, 0.4) is 0 Å². The number of aryl methyl sites for hydroxylation is 1. The third-order valence-electron chi connectivity index (χ3n) is 2.49. The van der Waals surface area contributed by atoms with E-state index >= 15 is 0 Å². The van der Waals surface area contributed by atoms with Gasteiger partial charge in [-0.3, -0.25) is 0 Å². The molecule has 5 nitrogen and oxygen atoms in total. The molecular formula is C10H16N4O. The lowest BCUT2D eigenvalue weighted by Crippen LogP contribution is -2.27. The number of ether oxygens (including phenoxy) is 1. The Morgan fingerprint density at radius 3 is 2.93 bits per heavy atom. The second-order valence-corrected chi connectivity index (χ2v) is 3.72. The Morgan fingerprint density at radius 1 is 1.40 bits per heavy atom. The van der Waals surface area contributed by atoms with E-state index in [2.05, 4.69) is 14.9 Å². The van der Waals surface area contributed by atoms with E-state index in [1.807, 2.05) is 14.0 Å². The maximum absolute atomic E-state index is 5.53. The van der Waals surface area contributed by atoms with E-state index in [1.54, 1.807) is 0 Å². The highest BCUT2D eigenvalue weighted by atomic mass is 16.5. The standard InChI is InChI=1S/C10H16N4O/c1-7-12-9-6-15-5-8(9)10(13-7)14(2)4-3-11/h3-6,11H2,1-2H3. The van der Waals surface area contributed by atoms with E-state index in [0.717, 1.165) is 29.4 Å². The first-order chi connectivity index (χ1) is 7.22. The molecule has 1 aliphatic rings. The molecule has 1 aromatic rings. The van der Waals surface area contributed by atoms with Gasteiger partial charge >= 0.3 is 0 Å². The largest absolute Gasteiger partial charge is 0.370 e. The minimum absolute atomic E-state index is 0.599. The summed E-state index contributed by atoms with van der Waals surface area (Å²) >= 11 is 0. The summed E-state index contributed by atoms with van der Waals surface area (Å²) < 4.78 is 5.38. The summed E-state index contributed by atoms with van der Waals surface area (Å²) in [5.41, 5.74) is 7.66. The third kappa shape index (κ3) is 1.93. The molecule has 2 heterocycles. The molecule has 0 aliphatic carbocycles. The Morgan fingerprint density at radius 2 is 2.20 bits per heavy atom. The Kier molecular flexibility index (Phi) is 2.83. The van der Waals surface area contributed by atoms with Crippen molar-refractivity contribution in [3.05, 3.63) is 17.1 Å². The average Bonchev–Trinajstić information content (AvgIpc) is 2.64. The van der Waals surface area contributed by atoms with Crippen LogP contribution in [0.25, 0.3) is 0 Å². The number of nitrogens with two attached hydrogens (primary N) is 1. The van der Waals surface area contributed by atoms with Gasteiger partial charge in [0.1, 0.15) is 11.6 Å². The zero-order valence-corrected chi connectivity index (χ0v) is 9.16. The molecule has 2 rings (SSSR count). The van der Waals surface area contributed by atoms with Gasteiger partial charge in [-0.1, -0.05) is 0 Å². The fraction of sp³-hybridized carbons (Fsp3) is 0.600. The molecule has 0 bridgehead atoms. The van der Waals surface area contributed by atoms with Crippen LogP contribution in [0.5, 0.6) is 0 Å². The number of hydrogen-bond acceptors (Lipinski definition) is 5. The summed E-state index contributed by atoms with van der Waals surface area (Å²) in [6, 6.07) is 0. The topological polar surface area (TPSA) is 64.3 Å². The molecular weight excluding hydrogens is 192 g/mol. The van der Waals surface area contributed by atoms with Gasteiger partial charge in [-0.2, -0.15) is 0 Å². The van der Waals surface area contributed by atoms with Crippen molar-refractivity contribution in [2.75, 3.05) is 25.0 Å². The molecule has 1 aromatic heterocycles. The number of likely N-dealkylation sites (N-methyl/N-ethyl adjacent to an activating group) is 1. The van der Waals surface area contributed by atoms with Crippen molar-refractivity contribution in [2.24, 2.45) is 5.73 Å². The monoisotopic (exact) mass is 208 g/mol. The van der Waals surface area contributed by atoms with Gasteiger partial charge in [0.25, 0.3) is 0 Å². The quantitative estimate of drug-likeness (QED) is 0.769. The Labute approximate surface area is 89.3 Å². The number of anilines is 1. The minimum atomic E-state index is 0.599. The van der Waals surface area contributed by atoms with Crippen LogP contribution in [0.4, 0.5) is 5.82 Å². The van der Waals surface area contributed by atoms with E-state index in [1.165, 1.54) is 0 Å². The van der Waals surface area contributed by atoms with Gasteiger partial charge in [0, 0.05) is 25.7 Å². The molecule has 1 aliphatic heterocycles. The lowest BCUT2D eigenvalue weighted by atomic mass is 10.2. The molecule has 0 saturated heterocycles. The highest BCUT2D eigenvalue weighted by Crippen LogP contribution is 2.26. The second kappa shape index (κ2) is 4.12. The first kappa shape index (κ1) is 10.3. The fourth-order valence-corrected chi connectivity index (χ4v) is 1.77. The van der Waals surface area contributed by atoms with Crippen molar-refractivity contribution in [3.8, 4) is 0 Å². The number of fused-ring (bicyclic) bond motifs is 1. The van der Waals surface area contributed by atoms with E-state index in [-0.39, 0.29) is 0 Å². The maximum atomic E-state index is 5.53. The predicted molar refractivity (Wildman–Crippen MR) is 57.6 cm³/mol. The van der Waals surface area contributed by atoms with E-state index in [4.69, 9.17) is 10.5 Å². The normalized spacial score (nSPS) is 14.1. The number of aromatic nitrogens is 2. The van der Waals surface area contributed by atoms with Gasteiger partial charge in [-0.05, 0) is 6.92 Å². The van der Waals surface area contributed by atoms with Crippen molar-refractivity contribution in [3.63, 3.8) is 0 Å². The SMILES string of the molecule is Cc1nc2c(c(N(C)CCN)n1)COC2. The first-order valence-electron chi connectivity index (χ1n) is 5.07. The minimum Gasteiger partial charge on any atom is -0.370 e. The highest BCUT2D eigenvalue weighted by molar-refractivity contribution is 5.49. The summed E-state index contributed by atoms with van der Waals surface area (Å²) in [5, 5.41) is 0. The van der Waals surface area contributed by atoms with Crippen LogP contribution in [0.15, 0.2) is 0 Å². The van der Waals surface area contributed by atoms with Crippen LogP contribution in [0.2, 0.25) is 0 Å². The van der Waals surface area contributed by atoms with Gasteiger partial charge in [-0.25, -0.2) is 9.97 Å². The molecule has 5 heteroatoms. The van der Waals surface area contributed by atoms with Crippen LogP contribution in [0, 0.1) is 6.92 Å². The van der Waals surface area contributed by atoms with Gasteiger partial charge in [0.05, 0.1) is 18.9 Å². The van der Waals surface area contributed by atoms with Crippen LogP contribution in [-0.2, 0) is 18.0 Å². The number of hydrogen-bond donors (Lipinski definition) is 1. The highest BCUT2D eigenvalue weighted by Gasteiger charge is 2.20. The molecule has 0 atom stereocenters. The molecule has 0 unspecified atom stereocenters. The van der Waals surface area contributed by atoms with Crippen LogP contribution in [-0.4, -0.2) is 30.1 Å². The van der Waals surface area contributed by atoms with Crippen LogP contribution >= 0.6 is 0 Å². The van der Waals surface area contributed by atoms with Crippen molar-refractivity contribution < 1.29 is 4.74 Å². The summed E-state index contributed by atoms with van der Waals surface area (Å²) in [5.74, 6) is 1.75. The lowest BCUT2D eigenvalue weighted by molar-refractivity contribution is 0.133. The van der Waals surface area contributed by atoms with Crippen molar-refractivity contribution >= 4 is 5.82 Å². The second-order valence-electron chi connectivity index (χ2n) is 3.72. The Balaban J connectivity index is 2.37. The molecule has 82 valence electrons. The zero-order chi connectivity index (χ0) is 10.8. The van der Waals surface area contributed by atoms with Gasteiger partial charge in [-0.15, -0.1) is 0 Å². The Hall–Kier alpha value is -1.20. The summed E-state index contributed by atoms with van der Waals surface area (Å²) in [6.45, 7) is 4.53. The van der Waals surface area contributed by atoms with Gasteiger partial charge in [0.2, 0.25) is 0 Å². The smallest absolute Gasteiger partial charge is 0.137 e. The maximum Gasteiger partial charge on any atom is 0.137 e. The van der Waals surface area contributed by atoms with Crippen molar-refractivity contribution in [2.45, 2.75) is 20.1 Å². The molecule has 0 spiro atoms. The van der Waals surface area contributed by atoms with Crippen LogP contribution < -0.4 is 10.6 Å². The number of rotatable bonds is 3. The molecule has 0 saturated carbocycles. The Bertz CT molecular complexity index is 367. The molecule has 0 aromatic carbocycles. The molecule has 2 N–H and O–H groups in total. The third-order valence-corrected chi connectivity index (χ3v) is 2.49.